The van der Waals surface area contributed by atoms with Gasteiger partial charge in [-0.3, -0.25) is 5.10 Å². The lowest BCUT2D eigenvalue weighted by atomic mass is 10.1. The van der Waals surface area contributed by atoms with Gasteiger partial charge in [0.15, 0.2) is 11.6 Å². The number of aromatic nitrogens is 4. The standard InChI is InChI=1S/C22H21N7O/c23-22-26-15(11-19(27-22)24-13-5-1-2-6-13)12-9-16-20-18(10-12)30-17-8-4-3-7-14(17)25-21(20)29-28-16/h3-4,7-11,13H,1-2,5-6H2,(H2,25,28,29)(H3,23,24,26,27). The number of nitrogens with one attached hydrogen (secondary N) is 3. The summed E-state index contributed by atoms with van der Waals surface area (Å²) in [5.74, 6) is 3.21. The largest absolute Gasteiger partial charge is 0.454 e. The summed E-state index contributed by atoms with van der Waals surface area (Å²) in [5.41, 5.74) is 9.40. The summed E-state index contributed by atoms with van der Waals surface area (Å²) in [4.78, 5) is 8.86. The van der Waals surface area contributed by atoms with Gasteiger partial charge in [-0.05, 0) is 37.1 Å². The SMILES string of the molecule is Nc1nc(NC2CCCC2)cc(-c2cc3c4c(n[nH]c4c2)Nc2ccccc2O3)n1. The Labute approximate surface area is 172 Å². The maximum atomic E-state index is 6.25. The number of nitrogens with two attached hydrogens (primary N) is 1. The predicted molar refractivity (Wildman–Crippen MR) is 117 cm³/mol. The molecule has 4 aromatic rings. The zero-order valence-corrected chi connectivity index (χ0v) is 16.3. The molecule has 1 fully saturated rings. The maximum Gasteiger partial charge on any atom is 0.222 e. The molecule has 1 saturated carbocycles. The molecule has 2 aromatic heterocycles. The fourth-order valence-electron chi connectivity index (χ4n) is 4.31. The second-order valence-electron chi connectivity index (χ2n) is 7.81. The van der Waals surface area contributed by atoms with Crippen molar-refractivity contribution in [1.82, 2.24) is 20.2 Å². The topological polar surface area (TPSA) is 114 Å². The summed E-state index contributed by atoms with van der Waals surface area (Å²) >= 11 is 0. The van der Waals surface area contributed by atoms with Gasteiger partial charge < -0.3 is 21.1 Å². The second kappa shape index (κ2) is 6.62. The van der Waals surface area contributed by atoms with Crippen molar-refractivity contribution in [2.75, 3.05) is 16.4 Å². The maximum absolute atomic E-state index is 6.25. The van der Waals surface area contributed by atoms with E-state index < -0.39 is 0 Å². The zero-order valence-electron chi connectivity index (χ0n) is 16.3. The first-order chi connectivity index (χ1) is 14.7. The molecule has 1 aliphatic heterocycles. The molecule has 0 unspecified atom stereocenters. The first-order valence-electron chi connectivity index (χ1n) is 10.2. The molecule has 0 saturated heterocycles. The van der Waals surface area contributed by atoms with Crippen LogP contribution in [0.3, 0.4) is 0 Å². The lowest BCUT2D eigenvalue weighted by Gasteiger charge is -2.14. The number of rotatable bonds is 3. The minimum Gasteiger partial charge on any atom is -0.454 e. The first-order valence-corrected chi connectivity index (χ1v) is 10.2. The Morgan fingerprint density at radius 2 is 1.90 bits per heavy atom. The molecule has 1 aliphatic carbocycles. The Hall–Kier alpha value is -3.81. The van der Waals surface area contributed by atoms with E-state index in [0.29, 0.717) is 11.8 Å². The van der Waals surface area contributed by atoms with Gasteiger partial charge >= 0.3 is 0 Å². The highest BCUT2D eigenvalue weighted by molar-refractivity contribution is 6.00. The number of nitrogens with zero attached hydrogens (tertiary/aromatic N) is 3. The summed E-state index contributed by atoms with van der Waals surface area (Å²) in [6, 6.07) is 14.2. The van der Waals surface area contributed by atoms with Crippen LogP contribution in [0.5, 0.6) is 11.5 Å². The molecule has 2 aliphatic rings. The number of para-hydroxylation sites is 2. The van der Waals surface area contributed by atoms with Crippen LogP contribution in [0.25, 0.3) is 22.2 Å². The lowest BCUT2D eigenvalue weighted by Crippen LogP contribution is -2.16. The molecule has 0 amide bonds. The summed E-state index contributed by atoms with van der Waals surface area (Å²) in [7, 11) is 0. The Morgan fingerprint density at radius 3 is 2.80 bits per heavy atom. The second-order valence-corrected chi connectivity index (χ2v) is 7.81. The van der Waals surface area contributed by atoms with Crippen molar-refractivity contribution >= 4 is 34.2 Å². The number of anilines is 4. The first kappa shape index (κ1) is 17.1. The Bertz CT molecular complexity index is 1260. The van der Waals surface area contributed by atoms with E-state index in [1.165, 1.54) is 12.8 Å². The Morgan fingerprint density at radius 1 is 1.03 bits per heavy atom. The van der Waals surface area contributed by atoms with Crippen LogP contribution in [0, 0.1) is 0 Å². The molecule has 0 atom stereocenters. The van der Waals surface area contributed by atoms with Crippen LogP contribution in [0.2, 0.25) is 0 Å². The Kier molecular flexibility index (Phi) is 3.77. The van der Waals surface area contributed by atoms with Gasteiger partial charge in [0.25, 0.3) is 0 Å². The van der Waals surface area contributed by atoms with Gasteiger partial charge in [0, 0.05) is 17.7 Å². The van der Waals surface area contributed by atoms with E-state index in [2.05, 4.69) is 30.8 Å². The van der Waals surface area contributed by atoms with Crippen molar-refractivity contribution in [3.63, 3.8) is 0 Å². The molecule has 30 heavy (non-hydrogen) atoms. The molecule has 3 heterocycles. The summed E-state index contributed by atoms with van der Waals surface area (Å²) in [6.07, 6.45) is 4.82. The highest BCUT2D eigenvalue weighted by Crippen LogP contribution is 2.44. The van der Waals surface area contributed by atoms with Crippen molar-refractivity contribution in [2.45, 2.75) is 31.7 Å². The van der Waals surface area contributed by atoms with Crippen LogP contribution in [0.1, 0.15) is 25.7 Å². The average molecular weight is 399 g/mol. The van der Waals surface area contributed by atoms with Crippen LogP contribution < -0.4 is 21.1 Å². The van der Waals surface area contributed by atoms with E-state index >= 15 is 0 Å². The molecular formula is C22H21N7O. The molecule has 5 N–H and O–H groups in total. The third kappa shape index (κ3) is 2.88. The quantitative estimate of drug-likeness (QED) is 0.344. The summed E-state index contributed by atoms with van der Waals surface area (Å²) in [5, 5.41) is 15.3. The molecule has 2 aromatic carbocycles. The number of fused-ring (bicyclic) bond motifs is 1. The van der Waals surface area contributed by atoms with Crippen molar-refractivity contribution in [1.29, 1.82) is 0 Å². The van der Waals surface area contributed by atoms with Crippen LogP contribution in [-0.4, -0.2) is 26.2 Å². The molecule has 0 spiro atoms. The molecule has 150 valence electrons. The van der Waals surface area contributed by atoms with Crippen molar-refractivity contribution in [3.8, 4) is 22.8 Å². The third-order valence-corrected chi connectivity index (χ3v) is 5.73. The summed E-state index contributed by atoms with van der Waals surface area (Å²) < 4.78 is 6.25. The highest BCUT2D eigenvalue weighted by atomic mass is 16.5. The van der Waals surface area contributed by atoms with Gasteiger partial charge in [-0.25, -0.2) is 4.98 Å². The van der Waals surface area contributed by atoms with E-state index in [4.69, 9.17) is 10.5 Å². The third-order valence-electron chi connectivity index (χ3n) is 5.73. The van der Waals surface area contributed by atoms with Gasteiger partial charge in [0.05, 0.1) is 22.3 Å². The van der Waals surface area contributed by atoms with Crippen LogP contribution in [0.15, 0.2) is 42.5 Å². The van der Waals surface area contributed by atoms with E-state index in [0.717, 1.165) is 58.1 Å². The smallest absolute Gasteiger partial charge is 0.222 e. The Balaban J connectivity index is 1.44. The average Bonchev–Trinajstić information content (AvgIpc) is 3.35. The zero-order chi connectivity index (χ0) is 20.1. The van der Waals surface area contributed by atoms with E-state index in [1.807, 2.05) is 42.5 Å². The van der Waals surface area contributed by atoms with E-state index in [9.17, 15) is 0 Å². The molecule has 0 bridgehead atoms. The van der Waals surface area contributed by atoms with Crippen LogP contribution >= 0.6 is 0 Å². The number of hydrogen-bond acceptors (Lipinski definition) is 7. The van der Waals surface area contributed by atoms with Gasteiger partial charge in [0.2, 0.25) is 5.95 Å². The molecular weight excluding hydrogens is 378 g/mol. The minimum absolute atomic E-state index is 0.247. The normalized spacial score (nSPS) is 15.3. The van der Waals surface area contributed by atoms with Gasteiger partial charge in [-0.1, -0.05) is 25.0 Å². The van der Waals surface area contributed by atoms with Crippen molar-refractivity contribution in [2.24, 2.45) is 0 Å². The van der Waals surface area contributed by atoms with Crippen molar-refractivity contribution in [3.05, 3.63) is 42.5 Å². The number of benzene rings is 2. The van der Waals surface area contributed by atoms with E-state index in [1.54, 1.807) is 0 Å². The lowest BCUT2D eigenvalue weighted by molar-refractivity contribution is 0.492. The predicted octanol–water partition coefficient (Wildman–Crippen LogP) is 4.81. The molecule has 8 heteroatoms. The van der Waals surface area contributed by atoms with Gasteiger partial charge in [-0.15, -0.1) is 0 Å². The summed E-state index contributed by atoms with van der Waals surface area (Å²) in [6.45, 7) is 0. The fraction of sp³-hybridized carbons (Fsp3) is 0.227. The number of ether oxygens (including phenoxy) is 1. The van der Waals surface area contributed by atoms with E-state index in [-0.39, 0.29) is 5.95 Å². The monoisotopic (exact) mass is 399 g/mol. The molecule has 8 nitrogen and oxygen atoms in total. The molecule has 0 radical (unpaired) electrons. The number of aromatic amines is 1. The fourth-order valence-corrected chi connectivity index (χ4v) is 4.31. The number of hydrogen-bond donors (Lipinski definition) is 4. The van der Waals surface area contributed by atoms with Crippen LogP contribution in [0.4, 0.5) is 23.3 Å². The minimum atomic E-state index is 0.247. The highest BCUT2D eigenvalue weighted by Gasteiger charge is 2.21. The number of nitrogen functional groups attached to an aromatic ring is 1. The van der Waals surface area contributed by atoms with Crippen LogP contribution in [-0.2, 0) is 0 Å². The molecule has 6 rings (SSSR count). The van der Waals surface area contributed by atoms with Gasteiger partial charge in [0.1, 0.15) is 11.6 Å². The van der Waals surface area contributed by atoms with Crippen molar-refractivity contribution < 1.29 is 4.74 Å². The van der Waals surface area contributed by atoms with Gasteiger partial charge in [-0.2, -0.15) is 10.1 Å². The number of H-pyrrole nitrogens is 1.